The minimum Gasteiger partial charge on any atom is -0.354 e. The van der Waals surface area contributed by atoms with Gasteiger partial charge in [-0.2, -0.15) is 0 Å². The van der Waals surface area contributed by atoms with E-state index in [0.717, 1.165) is 44.5 Å². The molecule has 1 aromatic carbocycles. The highest BCUT2D eigenvalue weighted by atomic mass is 16.2. The van der Waals surface area contributed by atoms with Crippen molar-refractivity contribution in [2.45, 2.75) is 52.0 Å². The highest BCUT2D eigenvalue weighted by Crippen LogP contribution is 2.31. The maximum absolute atomic E-state index is 13.1. The molecule has 1 N–H and O–H groups in total. The summed E-state index contributed by atoms with van der Waals surface area (Å²) in [4.78, 5) is 30.0. The summed E-state index contributed by atoms with van der Waals surface area (Å²) in [6.45, 7) is 8.02. The third-order valence-corrected chi connectivity index (χ3v) is 6.45. The molecule has 154 valence electrons. The molecule has 0 bridgehead atoms. The first-order valence-electron chi connectivity index (χ1n) is 11.0. The molecule has 1 saturated carbocycles. The molecule has 5 heteroatoms. The first-order valence-corrected chi connectivity index (χ1v) is 11.0. The molecule has 1 aliphatic carbocycles. The molecule has 28 heavy (non-hydrogen) atoms. The quantitative estimate of drug-likeness (QED) is 0.784. The second-order valence-corrected chi connectivity index (χ2v) is 8.44. The molecule has 0 aromatic heterocycles. The highest BCUT2D eigenvalue weighted by Gasteiger charge is 2.37. The highest BCUT2D eigenvalue weighted by molar-refractivity contribution is 5.94. The molecule has 2 aliphatic rings. The Morgan fingerprint density at radius 1 is 1.07 bits per heavy atom. The number of hydrogen-bond donors (Lipinski definition) is 1. The van der Waals surface area contributed by atoms with Crippen LogP contribution in [0.15, 0.2) is 30.3 Å². The van der Waals surface area contributed by atoms with Crippen molar-refractivity contribution in [2.24, 2.45) is 11.8 Å². The number of hydrogen-bond acceptors (Lipinski definition) is 3. The lowest BCUT2D eigenvalue weighted by Gasteiger charge is -2.41. The van der Waals surface area contributed by atoms with E-state index in [1.807, 2.05) is 35.2 Å². The number of amides is 2. The van der Waals surface area contributed by atoms with Crippen molar-refractivity contribution in [3.63, 3.8) is 0 Å². The van der Waals surface area contributed by atoms with Gasteiger partial charge in [-0.3, -0.25) is 14.5 Å². The molecule has 1 aromatic rings. The fourth-order valence-corrected chi connectivity index (χ4v) is 4.44. The summed E-state index contributed by atoms with van der Waals surface area (Å²) in [5, 5.41) is 3.21. The minimum atomic E-state index is -0.0412. The fraction of sp³-hybridized carbons (Fsp3) is 0.652. The molecule has 1 saturated heterocycles. The summed E-state index contributed by atoms with van der Waals surface area (Å²) in [5.41, 5.74) is 0.745. The molecular weight excluding hydrogens is 350 g/mol. The van der Waals surface area contributed by atoms with Gasteiger partial charge in [0.2, 0.25) is 5.91 Å². The zero-order chi connectivity index (χ0) is 19.9. The third-order valence-electron chi connectivity index (χ3n) is 6.45. The van der Waals surface area contributed by atoms with Crippen LogP contribution in [0.25, 0.3) is 0 Å². The topological polar surface area (TPSA) is 52.7 Å². The van der Waals surface area contributed by atoms with Crippen molar-refractivity contribution in [3.8, 4) is 0 Å². The zero-order valence-corrected chi connectivity index (χ0v) is 17.4. The molecule has 2 fully saturated rings. The van der Waals surface area contributed by atoms with Crippen molar-refractivity contribution >= 4 is 11.8 Å². The van der Waals surface area contributed by atoms with E-state index in [4.69, 9.17) is 0 Å². The molecule has 0 radical (unpaired) electrons. The molecule has 2 atom stereocenters. The summed E-state index contributed by atoms with van der Waals surface area (Å²) < 4.78 is 0. The summed E-state index contributed by atoms with van der Waals surface area (Å²) in [7, 11) is 0. The zero-order valence-electron chi connectivity index (χ0n) is 17.4. The van der Waals surface area contributed by atoms with E-state index in [1.165, 1.54) is 12.8 Å². The van der Waals surface area contributed by atoms with E-state index < -0.39 is 0 Å². The number of carbonyl (C=O) groups is 2. The molecule has 1 heterocycles. The Balaban J connectivity index is 1.60. The predicted octanol–water partition coefficient (Wildman–Crippen LogP) is 3.17. The second kappa shape index (κ2) is 10.1. The normalized spacial score (nSPS) is 20.7. The number of benzene rings is 1. The standard InChI is InChI=1S/C23H35N3O2/c1-3-18(2)17-24-22(27)21(19-9-7-8-10-19)25-13-15-26(16-14-25)23(28)20-11-5-4-6-12-20/h4-6,11-12,18-19,21H,3,7-10,13-17H2,1-2H3,(H,24,27)/t18-,21+/m1/s1. The molecule has 1 aliphatic heterocycles. The van der Waals surface area contributed by atoms with Crippen LogP contribution >= 0.6 is 0 Å². The van der Waals surface area contributed by atoms with Gasteiger partial charge in [0.1, 0.15) is 0 Å². The summed E-state index contributed by atoms with van der Waals surface area (Å²) in [6, 6.07) is 9.44. The van der Waals surface area contributed by atoms with Gasteiger partial charge in [-0.05, 0) is 36.8 Å². The van der Waals surface area contributed by atoms with Crippen LogP contribution in [-0.4, -0.2) is 60.4 Å². The van der Waals surface area contributed by atoms with E-state index in [0.29, 0.717) is 24.9 Å². The third kappa shape index (κ3) is 5.13. The largest absolute Gasteiger partial charge is 0.354 e. The fourth-order valence-electron chi connectivity index (χ4n) is 4.44. The van der Waals surface area contributed by atoms with Crippen LogP contribution in [-0.2, 0) is 4.79 Å². The van der Waals surface area contributed by atoms with Gasteiger partial charge in [-0.1, -0.05) is 51.3 Å². The lowest BCUT2D eigenvalue weighted by atomic mass is 9.94. The molecule has 0 spiro atoms. The van der Waals surface area contributed by atoms with E-state index in [1.54, 1.807) is 0 Å². The van der Waals surface area contributed by atoms with Gasteiger partial charge in [0.05, 0.1) is 6.04 Å². The van der Waals surface area contributed by atoms with Gasteiger partial charge in [-0.15, -0.1) is 0 Å². The van der Waals surface area contributed by atoms with E-state index in [9.17, 15) is 9.59 Å². The maximum Gasteiger partial charge on any atom is 0.253 e. The van der Waals surface area contributed by atoms with Crippen molar-refractivity contribution in [1.82, 2.24) is 15.1 Å². The Hall–Kier alpha value is -1.88. The lowest BCUT2D eigenvalue weighted by Crippen LogP contribution is -2.58. The van der Waals surface area contributed by atoms with Crippen LogP contribution in [0.3, 0.4) is 0 Å². The van der Waals surface area contributed by atoms with Gasteiger partial charge in [0.15, 0.2) is 0 Å². The molecule has 3 rings (SSSR count). The average molecular weight is 386 g/mol. The van der Waals surface area contributed by atoms with Crippen LogP contribution in [0.5, 0.6) is 0 Å². The number of piperazine rings is 1. The van der Waals surface area contributed by atoms with Crippen LogP contribution in [0.2, 0.25) is 0 Å². The van der Waals surface area contributed by atoms with Gasteiger partial charge in [-0.25, -0.2) is 0 Å². The van der Waals surface area contributed by atoms with Gasteiger partial charge < -0.3 is 10.2 Å². The average Bonchev–Trinajstić information content (AvgIpc) is 3.27. The van der Waals surface area contributed by atoms with Crippen molar-refractivity contribution in [2.75, 3.05) is 32.7 Å². The second-order valence-electron chi connectivity index (χ2n) is 8.44. The maximum atomic E-state index is 13.1. The SMILES string of the molecule is CC[C@@H](C)CNC(=O)[C@H](C1CCCC1)N1CCN(C(=O)c2ccccc2)CC1. The van der Waals surface area contributed by atoms with Crippen molar-refractivity contribution < 1.29 is 9.59 Å². The Bertz CT molecular complexity index is 635. The molecule has 0 unspecified atom stereocenters. The summed E-state index contributed by atoms with van der Waals surface area (Å²) in [6.07, 6.45) is 5.82. The van der Waals surface area contributed by atoms with Crippen LogP contribution in [0.1, 0.15) is 56.3 Å². The number of nitrogens with zero attached hydrogens (tertiary/aromatic N) is 2. The Morgan fingerprint density at radius 3 is 2.32 bits per heavy atom. The summed E-state index contributed by atoms with van der Waals surface area (Å²) in [5.74, 6) is 1.25. The minimum absolute atomic E-state index is 0.0412. The smallest absolute Gasteiger partial charge is 0.253 e. The van der Waals surface area contributed by atoms with E-state index >= 15 is 0 Å². The Labute approximate surface area is 169 Å². The van der Waals surface area contributed by atoms with Gasteiger partial charge in [0.25, 0.3) is 5.91 Å². The van der Waals surface area contributed by atoms with Gasteiger partial charge in [0, 0.05) is 38.3 Å². The predicted molar refractivity (Wildman–Crippen MR) is 112 cm³/mol. The van der Waals surface area contributed by atoms with E-state index in [2.05, 4.69) is 24.1 Å². The van der Waals surface area contributed by atoms with Crippen molar-refractivity contribution in [1.29, 1.82) is 0 Å². The Kier molecular flexibility index (Phi) is 7.49. The molecule has 5 nitrogen and oxygen atoms in total. The monoisotopic (exact) mass is 385 g/mol. The van der Waals surface area contributed by atoms with E-state index in [-0.39, 0.29) is 17.9 Å². The molecular formula is C23H35N3O2. The first kappa shape index (κ1) is 20.8. The van der Waals surface area contributed by atoms with Gasteiger partial charge >= 0.3 is 0 Å². The first-order chi connectivity index (χ1) is 13.6. The number of rotatable bonds is 7. The number of nitrogens with one attached hydrogen (secondary N) is 1. The Morgan fingerprint density at radius 2 is 1.71 bits per heavy atom. The van der Waals surface area contributed by atoms with Crippen molar-refractivity contribution in [3.05, 3.63) is 35.9 Å². The van der Waals surface area contributed by atoms with Crippen LogP contribution < -0.4 is 5.32 Å². The molecule has 2 amide bonds. The lowest BCUT2D eigenvalue weighted by molar-refractivity contribution is -0.129. The van der Waals surface area contributed by atoms with Crippen LogP contribution in [0, 0.1) is 11.8 Å². The number of carbonyl (C=O) groups excluding carboxylic acids is 2. The van der Waals surface area contributed by atoms with Crippen LogP contribution in [0.4, 0.5) is 0 Å². The summed E-state index contributed by atoms with van der Waals surface area (Å²) >= 11 is 0.